The molecule has 4 rings (SSSR count). The molecule has 7 heteroatoms. The van der Waals surface area contributed by atoms with Crippen molar-refractivity contribution in [3.63, 3.8) is 0 Å². The number of aromatic nitrogens is 3. The van der Waals surface area contributed by atoms with E-state index < -0.39 is 18.4 Å². The first kappa shape index (κ1) is 15.3. The third kappa shape index (κ3) is 2.84. The van der Waals surface area contributed by atoms with Gasteiger partial charge < -0.3 is 9.67 Å². The van der Waals surface area contributed by atoms with Crippen LogP contribution in [0.1, 0.15) is 29.4 Å². The third-order valence-electron chi connectivity index (χ3n) is 4.26. The van der Waals surface area contributed by atoms with Crippen molar-refractivity contribution in [3.05, 3.63) is 54.6 Å². The van der Waals surface area contributed by atoms with E-state index in [2.05, 4.69) is 14.5 Å². The Hall–Kier alpha value is -3.22. The van der Waals surface area contributed by atoms with Crippen LogP contribution in [0.3, 0.4) is 0 Å². The maximum atomic E-state index is 13.1. The molecule has 1 N–H and O–H groups in total. The van der Waals surface area contributed by atoms with Gasteiger partial charge >= 0.3 is 5.97 Å². The second-order valence-corrected chi connectivity index (χ2v) is 6.03. The third-order valence-corrected chi connectivity index (χ3v) is 4.26. The summed E-state index contributed by atoms with van der Waals surface area (Å²) in [5.74, 6) is -1.53. The van der Waals surface area contributed by atoms with Gasteiger partial charge in [-0.05, 0) is 31.0 Å². The number of amides is 1. The Kier molecular flexibility index (Phi) is 3.68. The number of para-hydroxylation sites is 1. The minimum Gasteiger partial charge on any atom is -0.480 e. The van der Waals surface area contributed by atoms with Crippen molar-refractivity contribution in [1.29, 1.82) is 0 Å². The largest absolute Gasteiger partial charge is 0.480 e. The number of fused-ring (bicyclic) bond motifs is 1. The molecule has 25 heavy (non-hydrogen) atoms. The minimum absolute atomic E-state index is 0.217. The van der Waals surface area contributed by atoms with Crippen molar-refractivity contribution in [3.8, 4) is 0 Å². The summed E-state index contributed by atoms with van der Waals surface area (Å²) in [5.41, 5.74) is 1.45. The quantitative estimate of drug-likeness (QED) is 0.773. The average Bonchev–Trinajstić information content (AvgIpc) is 3.38. The van der Waals surface area contributed by atoms with E-state index in [-0.39, 0.29) is 5.69 Å². The van der Waals surface area contributed by atoms with Crippen molar-refractivity contribution >= 4 is 28.6 Å². The van der Waals surface area contributed by atoms with Crippen LogP contribution in [0.5, 0.6) is 0 Å². The number of carbonyl (C=O) groups excluding carboxylic acids is 1. The van der Waals surface area contributed by atoms with E-state index in [1.54, 1.807) is 24.3 Å². The molecule has 0 unspecified atom stereocenters. The highest BCUT2D eigenvalue weighted by molar-refractivity contribution is 6.13. The molecule has 7 nitrogen and oxygen atoms in total. The van der Waals surface area contributed by atoms with E-state index >= 15 is 0 Å². The van der Waals surface area contributed by atoms with Crippen LogP contribution in [-0.4, -0.2) is 38.1 Å². The number of anilines is 1. The molecule has 1 amide bonds. The normalized spacial score (nSPS) is 13.8. The number of carbonyl (C=O) groups is 2. The zero-order valence-electron chi connectivity index (χ0n) is 13.4. The SMILES string of the molecule is O=C(O)CN(C(=O)c1ncnc2c1ccn2C1CC1)c1ccccc1. The fourth-order valence-electron chi connectivity index (χ4n) is 2.94. The van der Waals surface area contributed by atoms with Crippen LogP contribution in [0.15, 0.2) is 48.9 Å². The van der Waals surface area contributed by atoms with Gasteiger partial charge in [-0.15, -0.1) is 0 Å². The first-order valence-corrected chi connectivity index (χ1v) is 8.05. The molecule has 0 bridgehead atoms. The Bertz CT molecular complexity index is 947. The number of carboxylic acids is 1. The van der Waals surface area contributed by atoms with Crippen LogP contribution in [0.2, 0.25) is 0 Å². The van der Waals surface area contributed by atoms with E-state index in [1.807, 2.05) is 18.3 Å². The smallest absolute Gasteiger partial charge is 0.323 e. The summed E-state index contributed by atoms with van der Waals surface area (Å²) in [6.07, 6.45) is 5.48. The van der Waals surface area contributed by atoms with Gasteiger partial charge in [0.05, 0.1) is 5.39 Å². The molecule has 126 valence electrons. The summed E-state index contributed by atoms with van der Waals surface area (Å²) in [5, 5.41) is 9.85. The fourth-order valence-corrected chi connectivity index (χ4v) is 2.94. The zero-order valence-corrected chi connectivity index (χ0v) is 13.4. The Labute approximate surface area is 143 Å². The highest BCUT2D eigenvalue weighted by Gasteiger charge is 2.28. The van der Waals surface area contributed by atoms with Crippen LogP contribution in [0.4, 0.5) is 5.69 Å². The summed E-state index contributed by atoms with van der Waals surface area (Å²) in [4.78, 5) is 34.0. The highest BCUT2D eigenvalue weighted by atomic mass is 16.4. The second kappa shape index (κ2) is 6.01. The molecule has 1 saturated carbocycles. The Morgan fingerprint density at radius 1 is 1.16 bits per heavy atom. The molecule has 2 heterocycles. The van der Waals surface area contributed by atoms with Crippen molar-refractivity contribution in [1.82, 2.24) is 14.5 Å². The van der Waals surface area contributed by atoms with E-state index in [9.17, 15) is 14.7 Å². The Morgan fingerprint density at radius 2 is 1.92 bits per heavy atom. The lowest BCUT2D eigenvalue weighted by molar-refractivity contribution is -0.135. The molecule has 1 fully saturated rings. The number of aliphatic carboxylic acids is 1. The standard InChI is InChI=1S/C18H16N4O3/c23-15(24)10-22(12-4-2-1-3-5-12)18(25)16-14-8-9-21(13-6-7-13)17(14)20-11-19-16/h1-5,8-9,11,13H,6-7,10H2,(H,23,24). The van der Waals surface area contributed by atoms with E-state index in [4.69, 9.17) is 0 Å². The van der Waals surface area contributed by atoms with Crippen LogP contribution in [-0.2, 0) is 4.79 Å². The van der Waals surface area contributed by atoms with Gasteiger partial charge in [-0.3, -0.25) is 14.5 Å². The molecular weight excluding hydrogens is 320 g/mol. The Morgan fingerprint density at radius 3 is 2.60 bits per heavy atom. The monoisotopic (exact) mass is 336 g/mol. The number of nitrogens with zero attached hydrogens (tertiary/aromatic N) is 4. The van der Waals surface area contributed by atoms with Gasteiger partial charge in [0.25, 0.3) is 5.91 Å². The maximum absolute atomic E-state index is 13.1. The lowest BCUT2D eigenvalue weighted by atomic mass is 10.2. The van der Waals surface area contributed by atoms with Crippen LogP contribution < -0.4 is 4.90 Å². The van der Waals surface area contributed by atoms with E-state index in [1.165, 1.54) is 11.2 Å². The first-order chi connectivity index (χ1) is 12.1. The molecular formula is C18H16N4O3. The van der Waals surface area contributed by atoms with E-state index in [0.717, 1.165) is 12.8 Å². The molecule has 1 aromatic carbocycles. The van der Waals surface area contributed by atoms with E-state index in [0.29, 0.717) is 22.8 Å². The summed E-state index contributed by atoms with van der Waals surface area (Å²) < 4.78 is 2.05. The summed E-state index contributed by atoms with van der Waals surface area (Å²) in [6, 6.07) is 11.0. The molecule has 2 aromatic heterocycles. The zero-order chi connectivity index (χ0) is 17.4. The van der Waals surface area contributed by atoms with Crippen LogP contribution in [0, 0.1) is 0 Å². The summed E-state index contributed by atoms with van der Waals surface area (Å²) in [7, 11) is 0. The molecule has 1 aliphatic carbocycles. The van der Waals surface area contributed by atoms with Gasteiger partial charge in [0.15, 0.2) is 0 Å². The number of rotatable bonds is 5. The molecule has 0 saturated heterocycles. The van der Waals surface area contributed by atoms with Crippen molar-refractivity contribution in [2.45, 2.75) is 18.9 Å². The summed E-state index contributed by atoms with van der Waals surface area (Å²) >= 11 is 0. The van der Waals surface area contributed by atoms with Gasteiger partial charge in [-0.1, -0.05) is 18.2 Å². The lowest BCUT2D eigenvalue weighted by Gasteiger charge is -2.20. The maximum Gasteiger partial charge on any atom is 0.323 e. The van der Waals surface area contributed by atoms with Crippen LogP contribution >= 0.6 is 0 Å². The summed E-state index contributed by atoms with van der Waals surface area (Å²) in [6.45, 7) is -0.433. The number of hydrogen-bond acceptors (Lipinski definition) is 4. The van der Waals surface area contributed by atoms with Gasteiger partial charge in [0.1, 0.15) is 24.2 Å². The molecule has 1 aliphatic rings. The van der Waals surface area contributed by atoms with Gasteiger partial charge in [0.2, 0.25) is 0 Å². The number of benzene rings is 1. The van der Waals surface area contributed by atoms with Crippen molar-refractivity contribution in [2.75, 3.05) is 11.4 Å². The molecule has 0 radical (unpaired) electrons. The number of hydrogen-bond donors (Lipinski definition) is 1. The molecule has 3 aromatic rings. The Balaban J connectivity index is 1.77. The van der Waals surface area contributed by atoms with Gasteiger partial charge in [-0.2, -0.15) is 0 Å². The molecule has 0 atom stereocenters. The predicted molar refractivity (Wildman–Crippen MR) is 91.6 cm³/mol. The van der Waals surface area contributed by atoms with Crippen molar-refractivity contribution < 1.29 is 14.7 Å². The molecule has 0 aliphatic heterocycles. The predicted octanol–water partition coefficient (Wildman–Crippen LogP) is 2.50. The fraction of sp³-hybridized carbons (Fsp3) is 0.222. The highest BCUT2D eigenvalue weighted by Crippen LogP contribution is 2.37. The lowest BCUT2D eigenvalue weighted by Crippen LogP contribution is -2.36. The first-order valence-electron chi connectivity index (χ1n) is 8.05. The minimum atomic E-state index is -1.09. The van der Waals surface area contributed by atoms with Crippen LogP contribution in [0.25, 0.3) is 11.0 Å². The van der Waals surface area contributed by atoms with Gasteiger partial charge in [-0.25, -0.2) is 9.97 Å². The molecule has 0 spiro atoms. The number of carboxylic acid groups (broad SMARTS) is 1. The topological polar surface area (TPSA) is 88.3 Å². The van der Waals surface area contributed by atoms with Gasteiger partial charge in [0, 0.05) is 17.9 Å². The average molecular weight is 336 g/mol. The van der Waals surface area contributed by atoms with Crippen molar-refractivity contribution in [2.24, 2.45) is 0 Å². The second-order valence-electron chi connectivity index (χ2n) is 6.03.